The van der Waals surface area contributed by atoms with Crippen molar-refractivity contribution in [2.75, 3.05) is 5.32 Å². The number of aromatic amines is 1. The molecule has 4 N–H and O–H groups in total. The molecule has 2 unspecified atom stereocenters. The fourth-order valence-corrected chi connectivity index (χ4v) is 2.18. The van der Waals surface area contributed by atoms with Crippen molar-refractivity contribution in [3.8, 4) is 0 Å². The average Bonchev–Trinajstić information content (AvgIpc) is 2.86. The lowest BCUT2D eigenvalue weighted by Gasteiger charge is -2.12. The highest BCUT2D eigenvalue weighted by molar-refractivity contribution is 6.33. The van der Waals surface area contributed by atoms with E-state index in [-0.39, 0.29) is 29.0 Å². The van der Waals surface area contributed by atoms with Crippen LogP contribution in [0.3, 0.4) is 0 Å². The van der Waals surface area contributed by atoms with E-state index in [1.165, 1.54) is 6.33 Å². The van der Waals surface area contributed by atoms with E-state index in [1.807, 2.05) is 13.8 Å². The van der Waals surface area contributed by atoms with Crippen LogP contribution in [0, 0.1) is 5.92 Å². The summed E-state index contributed by atoms with van der Waals surface area (Å²) in [5.74, 6) is -0.102. The van der Waals surface area contributed by atoms with Crippen LogP contribution < -0.4 is 11.1 Å². The van der Waals surface area contributed by atoms with E-state index in [1.54, 1.807) is 0 Å². The van der Waals surface area contributed by atoms with Gasteiger partial charge in [0.2, 0.25) is 11.9 Å². The Morgan fingerprint density at radius 1 is 1.43 bits per heavy atom. The molecule has 2 rings (SSSR count). The van der Waals surface area contributed by atoms with Crippen molar-refractivity contribution in [3.05, 3.63) is 11.5 Å². The molecule has 0 radical (unpaired) electrons. The number of carbonyl (C=O) groups excluding carboxylic acids is 1. The van der Waals surface area contributed by atoms with Gasteiger partial charge in [0.05, 0.1) is 6.33 Å². The number of rotatable bonds is 6. The molecule has 114 valence electrons. The lowest BCUT2D eigenvalue weighted by molar-refractivity contribution is -0.119. The van der Waals surface area contributed by atoms with Gasteiger partial charge in [-0.25, -0.2) is 4.98 Å². The van der Waals surface area contributed by atoms with Crippen molar-refractivity contribution in [2.45, 2.75) is 39.2 Å². The number of nitrogens with two attached hydrogens (primary N) is 1. The van der Waals surface area contributed by atoms with E-state index >= 15 is 0 Å². The summed E-state index contributed by atoms with van der Waals surface area (Å²) in [5.41, 5.74) is 6.67. The Bertz CT molecular complexity index is 626. The Balaban J connectivity index is 1.97. The van der Waals surface area contributed by atoms with E-state index in [0.717, 1.165) is 19.3 Å². The highest BCUT2D eigenvalue weighted by atomic mass is 35.5. The molecular weight excluding hydrogens is 292 g/mol. The molecule has 2 atom stereocenters. The molecule has 0 aliphatic rings. The second-order valence-corrected chi connectivity index (χ2v) is 5.60. The fourth-order valence-electron chi connectivity index (χ4n) is 1.96. The van der Waals surface area contributed by atoms with Crippen molar-refractivity contribution in [2.24, 2.45) is 11.7 Å². The van der Waals surface area contributed by atoms with E-state index in [9.17, 15) is 4.79 Å². The molecule has 2 heterocycles. The molecule has 7 nitrogen and oxygen atoms in total. The number of hydrogen-bond acceptors (Lipinski definition) is 5. The number of imidazole rings is 1. The number of carbonyl (C=O) groups is 1. The number of nitrogens with one attached hydrogen (secondary N) is 2. The molecule has 0 aliphatic carbocycles. The highest BCUT2D eigenvalue weighted by Gasteiger charge is 2.16. The van der Waals surface area contributed by atoms with Crippen LogP contribution in [0.5, 0.6) is 0 Å². The summed E-state index contributed by atoms with van der Waals surface area (Å²) in [6.45, 7) is 3.82. The van der Waals surface area contributed by atoms with Crippen molar-refractivity contribution in [1.82, 2.24) is 19.9 Å². The monoisotopic (exact) mass is 310 g/mol. The summed E-state index contributed by atoms with van der Waals surface area (Å²) in [5, 5.41) is 2.91. The van der Waals surface area contributed by atoms with Gasteiger partial charge in [-0.1, -0.05) is 24.9 Å². The van der Waals surface area contributed by atoms with E-state index in [2.05, 4.69) is 25.3 Å². The number of nitrogens with zero attached hydrogens (tertiary/aromatic N) is 3. The molecule has 2 aromatic rings. The van der Waals surface area contributed by atoms with Crippen LogP contribution in [0.25, 0.3) is 11.2 Å². The third-order valence-electron chi connectivity index (χ3n) is 3.22. The minimum atomic E-state index is -0.138. The molecule has 0 aliphatic heterocycles. The second kappa shape index (κ2) is 6.82. The summed E-state index contributed by atoms with van der Waals surface area (Å²) >= 11 is 6.00. The molecule has 0 bridgehead atoms. The third-order valence-corrected chi connectivity index (χ3v) is 3.49. The first-order chi connectivity index (χ1) is 9.97. The summed E-state index contributed by atoms with van der Waals surface area (Å²) in [4.78, 5) is 27.1. The van der Waals surface area contributed by atoms with E-state index in [4.69, 9.17) is 17.3 Å². The van der Waals surface area contributed by atoms with Crippen LogP contribution in [-0.4, -0.2) is 31.9 Å². The molecule has 1 amide bonds. The number of aromatic nitrogens is 4. The van der Waals surface area contributed by atoms with Crippen LogP contribution in [-0.2, 0) is 4.79 Å². The lowest BCUT2D eigenvalue weighted by atomic mass is 10.0. The molecule has 2 aromatic heterocycles. The van der Waals surface area contributed by atoms with Crippen LogP contribution >= 0.6 is 11.6 Å². The number of fused-ring (bicyclic) bond motifs is 1. The standard InChI is InChI=1S/C13H19ClN6O/c1-7(4-3-5-8(2)15)12(21)20-13-18-10(14)9-11(19-13)17-6-16-9/h6-8H,3-5,15H2,1-2H3,(H2,16,17,18,19,20,21). The highest BCUT2D eigenvalue weighted by Crippen LogP contribution is 2.19. The molecule has 8 heteroatoms. The zero-order chi connectivity index (χ0) is 15.4. The number of hydrogen-bond donors (Lipinski definition) is 3. The van der Waals surface area contributed by atoms with Gasteiger partial charge in [0, 0.05) is 12.0 Å². The molecular formula is C13H19ClN6O. The number of anilines is 1. The predicted octanol–water partition coefficient (Wildman–Crippen LogP) is 2.10. The summed E-state index contributed by atoms with van der Waals surface area (Å²) in [7, 11) is 0. The smallest absolute Gasteiger partial charge is 0.233 e. The maximum atomic E-state index is 12.1. The van der Waals surface area contributed by atoms with Gasteiger partial charge in [-0.2, -0.15) is 9.97 Å². The van der Waals surface area contributed by atoms with Gasteiger partial charge in [0.15, 0.2) is 10.8 Å². The number of amides is 1. The summed E-state index contributed by atoms with van der Waals surface area (Å²) in [6.07, 6.45) is 4.06. The maximum absolute atomic E-state index is 12.1. The Labute approximate surface area is 127 Å². The van der Waals surface area contributed by atoms with Crippen molar-refractivity contribution in [3.63, 3.8) is 0 Å². The van der Waals surface area contributed by atoms with Gasteiger partial charge in [-0.15, -0.1) is 0 Å². The molecule has 0 aromatic carbocycles. The molecule has 0 fully saturated rings. The van der Waals surface area contributed by atoms with Crippen LogP contribution in [0.15, 0.2) is 6.33 Å². The van der Waals surface area contributed by atoms with Gasteiger partial charge in [-0.3, -0.25) is 10.1 Å². The first-order valence-corrected chi connectivity index (χ1v) is 7.28. The largest absolute Gasteiger partial charge is 0.341 e. The van der Waals surface area contributed by atoms with Crippen molar-refractivity contribution >= 4 is 34.6 Å². The minimum Gasteiger partial charge on any atom is -0.341 e. The van der Waals surface area contributed by atoms with E-state index in [0.29, 0.717) is 11.2 Å². The predicted molar refractivity (Wildman–Crippen MR) is 82.0 cm³/mol. The van der Waals surface area contributed by atoms with Gasteiger partial charge in [0.1, 0.15) is 5.52 Å². The third kappa shape index (κ3) is 4.12. The Hall–Kier alpha value is -1.73. The average molecular weight is 311 g/mol. The number of halogens is 1. The van der Waals surface area contributed by atoms with Crippen molar-refractivity contribution in [1.29, 1.82) is 0 Å². The topological polar surface area (TPSA) is 110 Å². The van der Waals surface area contributed by atoms with Gasteiger partial charge >= 0.3 is 0 Å². The normalized spacial score (nSPS) is 14.1. The lowest BCUT2D eigenvalue weighted by Crippen LogP contribution is -2.22. The van der Waals surface area contributed by atoms with Gasteiger partial charge in [-0.05, 0) is 19.8 Å². The maximum Gasteiger partial charge on any atom is 0.233 e. The van der Waals surface area contributed by atoms with E-state index < -0.39 is 0 Å². The first kappa shape index (κ1) is 15.7. The molecule has 0 saturated carbocycles. The quantitative estimate of drug-likeness (QED) is 0.708. The summed E-state index contributed by atoms with van der Waals surface area (Å²) < 4.78 is 0. The fraction of sp³-hybridized carbons (Fsp3) is 0.538. The van der Waals surface area contributed by atoms with Crippen LogP contribution in [0.4, 0.5) is 5.95 Å². The number of H-pyrrole nitrogens is 1. The Morgan fingerprint density at radius 2 is 2.19 bits per heavy atom. The molecule has 0 saturated heterocycles. The summed E-state index contributed by atoms with van der Waals surface area (Å²) in [6, 6.07) is 0.157. The van der Waals surface area contributed by atoms with Gasteiger partial charge < -0.3 is 10.7 Å². The second-order valence-electron chi connectivity index (χ2n) is 5.24. The van der Waals surface area contributed by atoms with Crippen LogP contribution in [0.1, 0.15) is 33.1 Å². The Kier molecular flexibility index (Phi) is 5.08. The van der Waals surface area contributed by atoms with Gasteiger partial charge in [0.25, 0.3) is 0 Å². The van der Waals surface area contributed by atoms with Crippen LogP contribution in [0.2, 0.25) is 5.15 Å². The van der Waals surface area contributed by atoms with Crippen molar-refractivity contribution < 1.29 is 4.79 Å². The first-order valence-electron chi connectivity index (χ1n) is 6.90. The molecule has 21 heavy (non-hydrogen) atoms. The molecule has 0 spiro atoms. The zero-order valence-corrected chi connectivity index (χ0v) is 12.8. The zero-order valence-electron chi connectivity index (χ0n) is 12.1. The SMILES string of the molecule is CC(N)CCCC(C)C(=O)Nc1nc(Cl)c2[nH]cnc2n1. The minimum absolute atomic E-state index is 0.134. The Morgan fingerprint density at radius 3 is 2.90 bits per heavy atom.